The predicted octanol–water partition coefficient (Wildman–Crippen LogP) is 3.39. The Morgan fingerprint density at radius 2 is 1.69 bits per heavy atom. The SMILES string of the molecule is ClC#Cc1ccc2ccccc2c1. The molecule has 0 fully saturated rings. The third kappa shape index (κ3) is 1.66. The lowest BCUT2D eigenvalue weighted by atomic mass is 10.1. The molecule has 0 aliphatic rings. The number of rotatable bonds is 0. The van der Waals surface area contributed by atoms with E-state index in [1.54, 1.807) is 0 Å². The van der Waals surface area contributed by atoms with Gasteiger partial charge < -0.3 is 0 Å². The van der Waals surface area contributed by atoms with Crippen molar-refractivity contribution in [1.29, 1.82) is 0 Å². The molecule has 62 valence electrons. The average Bonchev–Trinajstić information content (AvgIpc) is 2.18. The summed E-state index contributed by atoms with van der Waals surface area (Å²) in [4.78, 5) is 0. The van der Waals surface area contributed by atoms with Crippen molar-refractivity contribution in [2.45, 2.75) is 0 Å². The maximum atomic E-state index is 5.33. The molecule has 0 bridgehead atoms. The third-order valence-electron chi connectivity index (χ3n) is 1.94. The smallest absolute Gasteiger partial charge is 0.0264 e. The second-order valence-corrected chi connectivity index (χ2v) is 2.97. The van der Waals surface area contributed by atoms with Crippen LogP contribution >= 0.6 is 11.6 Å². The Morgan fingerprint density at radius 3 is 2.46 bits per heavy atom. The molecule has 0 spiro atoms. The zero-order valence-corrected chi connectivity index (χ0v) is 7.68. The number of hydrogen-bond acceptors (Lipinski definition) is 0. The zero-order chi connectivity index (χ0) is 9.10. The molecular weight excluding hydrogens is 180 g/mol. The van der Waals surface area contributed by atoms with Gasteiger partial charge in [0, 0.05) is 10.9 Å². The van der Waals surface area contributed by atoms with E-state index in [0.29, 0.717) is 0 Å². The van der Waals surface area contributed by atoms with Gasteiger partial charge in [-0.15, -0.1) is 0 Å². The highest BCUT2D eigenvalue weighted by molar-refractivity contribution is 6.30. The van der Waals surface area contributed by atoms with Crippen LogP contribution in [-0.4, -0.2) is 0 Å². The summed E-state index contributed by atoms with van der Waals surface area (Å²) in [5, 5.41) is 4.79. The van der Waals surface area contributed by atoms with Crippen LogP contribution in [0.1, 0.15) is 5.56 Å². The Labute approximate surface area is 82.1 Å². The van der Waals surface area contributed by atoms with Crippen LogP contribution in [-0.2, 0) is 0 Å². The molecule has 0 nitrogen and oxygen atoms in total. The molecule has 1 heteroatoms. The topological polar surface area (TPSA) is 0 Å². The second kappa shape index (κ2) is 3.51. The first-order chi connectivity index (χ1) is 6.40. The highest BCUT2D eigenvalue weighted by atomic mass is 35.5. The summed E-state index contributed by atoms with van der Waals surface area (Å²) in [6.45, 7) is 0. The minimum absolute atomic E-state index is 0.953. The molecule has 13 heavy (non-hydrogen) atoms. The van der Waals surface area contributed by atoms with E-state index in [0.717, 1.165) is 5.56 Å². The summed E-state index contributed by atoms with van der Waals surface area (Å²) < 4.78 is 0. The van der Waals surface area contributed by atoms with Crippen LogP contribution in [0, 0.1) is 11.3 Å². The molecule has 2 rings (SSSR count). The van der Waals surface area contributed by atoms with E-state index in [1.165, 1.54) is 10.8 Å². The van der Waals surface area contributed by atoms with E-state index in [1.807, 2.05) is 30.3 Å². The molecule has 0 amide bonds. The fraction of sp³-hybridized carbons (Fsp3) is 0. The van der Waals surface area contributed by atoms with Crippen molar-refractivity contribution in [3.63, 3.8) is 0 Å². The standard InChI is InChI=1S/C12H7Cl/c13-8-7-10-5-6-11-3-1-2-4-12(11)9-10/h1-6,9H. The van der Waals surface area contributed by atoms with Gasteiger partial charge in [-0.2, -0.15) is 0 Å². The van der Waals surface area contributed by atoms with Crippen LogP contribution in [0.4, 0.5) is 0 Å². The van der Waals surface area contributed by atoms with Crippen molar-refractivity contribution in [2.75, 3.05) is 0 Å². The van der Waals surface area contributed by atoms with Crippen LogP contribution in [0.15, 0.2) is 42.5 Å². The molecule has 0 saturated carbocycles. The van der Waals surface area contributed by atoms with Gasteiger partial charge in [0.05, 0.1) is 0 Å². The van der Waals surface area contributed by atoms with E-state index < -0.39 is 0 Å². The molecule has 2 aromatic rings. The highest BCUT2D eigenvalue weighted by Gasteiger charge is 1.91. The Balaban J connectivity index is 2.66. The van der Waals surface area contributed by atoms with Crippen molar-refractivity contribution in [3.8, 4) is 11.3 Å². The van der Waals surface area contributed by atoms with Gasteiger partial charge in [-0.25, -0.2) is 0 Å². The average molecular weight is 187 g/mol. The minimum Gasteiger partial charge on any atom is -0.0616 e. The van der Waals surface area contributed by atoms with E-state index in [4.69, 9.17) is 11.6 Å². The van der Waals surface area contributed by atoms with Crippen molar-refractivity contribution in [3.05, 3.63) is 48.0 Å². The Hall–Kier alpha value is -1.45. The lowest BCUT2D eigenvalue weighted by molar-refractivity contribution is 1.70. The molecule has 0 heterocycles. The minimum atomic E-state index is 0.953. The van der Waals surface area contributed by atoms with Gasteiger partial charge in [-0.05, 0) is 40.4 Å². The van der Waals surface area contributed by atoms with E-state index >= 15 is 0 Å². The fourth-order valence-corrected chi connectivity index (χ4v) is 1.43. The van der Waals surface area contributed by atoms with Crippen molar-refractivity contribution < 1.29 is 0 Å². The summed E-state index contributed by atoms with van der Waals surface area (Å²) in [6, 6.07) is 14.2. The summed E-state index contributed by atoms with van der Waals surface area (Å²) in [5.41, 5.74) is 0.953. The number of benzene rings is 2. The first-order valence-corrected chi connectivity index (χ1v) is 4.38. The van der Waals surface area contributed by atoms with Gasteiger partial charge >= 0.3 is 0 Å². The van der Waals surface area contributed by atoms with Crippen LogP contribution in [0.5, 0.6) is 0 Å². The fourth-order valence-electron chi connectivity index (χ4n) is 1.32. The maximum absolute atomic E-state index is 5.33. The molecule has 0 aliphatic carbocycles. The quantitative estimate of drug-likeness (QED) is 0.554. The number of halogens is 1. The lowest BCUT2D eigenvalue weighted by Gasteiger charge is -1.96. The highest BCUT2D eigenvalue weighted by Crippen LogP contribution is 2.14. The van der Waals surface area contributed by atoms with Crippen LogP contribution in [0.25, 0.3) is 10.8 Å². The second-order valence-electron chi connectivity index (χ2n) is 2.78. The van der Waals surface area contributed by atoms with Crippen LogP contribution in [0.2, 0.25) is 0 Å². The molecule has 0 aliphatic heterocycles. The Kier molecular flexibility index (Phi) is 2.21. The molecule has 0 atom stereocenters. The summed E-state index contributed by atoms with van der Waals surface area (Å²) in [6.07, 6.45) is 0. The van der Waals surface area contributed by atoms with Gasteiger partial charge in [0.1, 0.15) is 0 Å². The van der Waals surface area contributed by atoms with E-state index in [9.17, 15) is 0 Å². The van der Waals surface area contributed by atoms with Crippen molar-refractivity contribution >= 4 is 22.4 Å². The van der Waals surface area contributed by atoms with Gasteiger partial charge in [-0.3, -0.25) is 0 Å². The van der Waals surface area contributed by atoms with Crippen molar-refractivity contribution in [2.24, 2.45) is 0 Å². The van der Waals surface area contributed by atoms with Gasteiger partial charge in [0.25, 0.3) is 0 Å². The van der Waals surface area contributed by atoms with Crippen molar-refractivity contribution in [1.82, 2.24) is 0 Å². The first kappa shape index (κ1) is 8.16. The van der Waals surface area contributed by atoms with Crippen LogP contribution < -0.4 is 0 Å². The van der Waals surface area contributed by atoms with Gasteiger partial charge in [0.15, 0.2) is 0 Å². The number of hydrogen-bond donors (Lipinski definition) is 0. The monoisotopic (exact) mass is 186 g/mol. The Bertz CT molecular complexity index is 489. The maximum Gasteiger partial charge on any atom is 0.0264 e. The predicted molar refractivity (Wildman–Crippen MR) is 56.7 cm³/mol. The normalized spacial score (nSPS) is 9.31. The first-order valence-electron chi connectivity index (χ1n) is 4.00. The molecule has 0 aromatic heterocycles. The van der Waals surface area contributed by atoms with E-state index in [2.05, 4.69) is 23.4 Å². The number of fused-ring (bicyclic) bond motifs is 1. The molecule has 0 unspecified atom stereocenters. The molecule has 0 radical (unpaired) electrons. The zero-order valence-electron chi connectivity index (χ0n) is 6.92. The van der Waals surface area contributed by atoms with Crippen LogP contribution in [0.3, 0.4) is 0 Å². The Morgan fingerprint density at radius 1 is 0.923 bits per heavy atom. The molecular formula is C12H7Cl. The molecule has 2 aromatic carbocycles. The summed E-state index contributed by atoms with van der Waals surface area (Å²) in [7, 11) is 0. The summed E-state index contributed by atoms with van der Waals surface area (Å²) >= 11 is 5.33. The summed E-state index contributed by atoms with van der Waals surface area (Å²) in [5.74, 6) is 2.82. The molecule has 0 N–H and O–H groups in total. The largest absolute Gasteiger partial charge is 0.0616 e. The third-order valence-corrected chi connectivity index (χ3v) is 2.04. The van der Waals surface area contributed by atoms with Gasteiger partial charge in [-0.1, -0.05) is 30.3 Å². The van der Waals surface area contributed by atoms with E-state index in [-0.39, 0.29) is 0 Å². The van der Waals surface area contributed by atoms with Gasteiger partial charge in [0.2, 0.25) is 0 Å². The molecule has 0 saturated heterocycles. The lowest BCUT2D eigenvalue weighted by Crippen LogP contribution is -1.75.